The Hall–Kier alpha value is -0.570. The second-order valence-corrected chi connectivity index (χ2v) is 6.46. The molecule has 1 saturated carbocycles. The van der Waals surface area contributed by atoms with Crippen molar-refractivity contribution in [2.24, 2.45) is 5.92 Å². The van der Waals surface area contributed by atoms with Crippen LogP contribution in [0.5, 0.6) is 0 Å². The molecule has 0 bridgehead atoms. The Kier molecular flexibility index (Phi) is 4.99. The van der Waals surface area contributed by atoms with Gasteiger partial charge in [-0.1, -0.05) is 12.8 Å². The molecule has 0 spiro atoms. The SMILES string of the molecule is CC(N[C@H](C)C1CCCC1)C(=O)NC(C)(C)C. The van der Waals surface area contributed by atoms with E-state index in [1.54, 1.807) is 0 Å². The molecule has 0 aromatic rings. The summed E-state index contributed by atoms with van der Waals surface area (Å²) in [5.74, 6) is 0.849. The van der Waals surface area contributed by atoms with Crippen molar-refractivity contribution in [3.05, 3.63) is 0 Å². The molecule has 0 aliphatic heterocycles. The average Bonchev–Trinajstić information content (AvgIpc) is 2.67. The van der Waals surface area contributed by atoms with Gasteiger partial charge in [-0.25, -0.2) is 0 Å². The Bertz CT molecular complexity index is 251. The summed E-state index contributed by atoms with van der Waals surface area (Å²) in [6.45, 7) is 10.2. The minimum absolute atomic E-state index is 0.0994. The summed E-state index contributed by atoms with van der Waals surface area (Å²) < 4.78 is 0. The predicted octanol–water partition coefficient (Wildman–Crippen LogP) is 2.46. The van der Waals surface area contributed by atoms with Crippen LogP contribution >= 0.6 is 0 Å². The zero-order valence-electron chi connectivity index (χ0n) is 12.0. The predicted molar refractivity (Wildman–Crippen MR) is 71.9 cm³/mol. The molecule has 0 radical (unpaired) electrons. The summed E-state index contributed by atoms with van der Waals surface area (Å²) >= 11 is 0. The van der Waals surface area contributed by atoms with Gasteiger partial charge in [-0.2, -0.15) is 0 Å². The van der Waals surface area contributed by atoms with Gasteiger partial charge in [0.15, 0.2) is 0 Å². The molecule has 1 unspecified atom stereocenters. The van der Waals surface area contributed by atoms with Crippen molar-refractivity contribution in [3.8, 4) is 0 Å². The fourth-order valence-corrected chi connectivity index (χ4v) is 2.54. The topological polar surface area (TPSA) is 41.1 Å². The Labute approximate surface area is 106 Å². The minimum Gasteiger partial charge on any atom is -0.350 e. The van der Waals surface area contributed by atoms with Gasteiger partial charge >= 0.3 is 0 Å². The molecular weight excluding hydrogens is 212 g/mol. The van der Waals surface area contributed by atoms with E-state index in [2.05, 4.69) is 17.6 Å². The molecule has 3 nitrogen and oxygen atoms in total. The van der Waals surface area contributed by atoms with Crippen molar-refractivity contribution in [3.63, 3.8) is 0 Å². The van der Waals surface area contributed by atoms with E-state index in [0.717, 1.165) is 5.92 Å². The van der Waals surface area contributed by atoms with Crippen molar-refractivity contribution in [1.29, 1.82) is 0 Å². The van der Waals surface area contributed by atoms with Gasteiger partial charge in [0.05, 0.1) is 6.04 Å². The smallest absolute Gasteiger partial charge is 0.237 e. The molecule has 0 heterocycles. The second kappa shape index (κ2) is 5.85. The van der Waals surface area contributed by atoms with Crippen molar-refractivity contribution < 1.29 is 4.79 Å². The highest BCUT2D eigenvalue weighted by Crippen LogP contribution is 2.27. The normalized spacial score (nSPS) is 21.2. The Morgan fingerprint density at radius 2 is 1.71 bits per heavy atom. The lowest BCUT2D eigenvalue weighted by atomic mass is 9.99. The summed E-state index contributed by atoms with van der Waals surface area (Å²) in [7, 11) is 0. The van der Waals surface area contributed by atoms with Gasteiger partial charge in [0.2, 0.25) is 5.91 Å². The molecule has 1 aliphatic carbocycles. The minimum atomic E-state index is -0.149. The maximum absolute atomic E-state index is 11.9. The number of hydrogen-bond acceptors (Lipinski definition) is 2. The van der Waals surface area contributed by atoms with Crippen LogP contribution in [0.3, 0.4) is 0 Å². The van der Waals surface area contributed by atoms with Crippen LogP contribution in [0, 0.1) is 5.92 Å². The molecule has 17 heavy (non-hydrogen) atoms. The Balaban J connectivity index is 2.37. The molecule has 3 heteroatoms. The van der Waals surface area contributed by atoms with Gasteiger partial charge in [-0.3, -0.25) is 4.79 Å². The number of rotatable bonds is 4. The lowest BCUT2D eigenvalue weighted by Gasteiger charge is -2.27. The van der Waals surface area contributed by atoms with E-state index in [0.29, 0.717) is 6.04 Å². The van der Waals surface area contributed by atoms with Crippen molar-refractivity contribution in [1.82, 2.24) is 10.6 Å². The second-order valence-electron chi connectivity index (χ2n) is 6.46. The van der Waals surface area contributed by atoms with E-state index in [1.165, 1.54) is 25.7 Å². The van der Waals surface area contributed by atoms with Crippen LogP contribution in [0.1, 0.15) is 60.3 Å². The average molecular weight is 240 g/mol. The number of nitrogens with one attached hydrogen (secondary N) is 2. The zero-order chi connectivity index (χ0) is 13.1. The van der Waals surface area contributed by atoms with Crippen LogP contribution in [0.25, 0.3) is 0 Å². The summed E-state index contributed by atoms with van der Waals surface area (Å²) in [4.78, 5) is 11.9. The summed E-state index contributed by atoms with van der Waals surface area (Å²) in [5.41, 5.74) is -0.149. The van der Waals surface area contributed by atoms with Crippen molar-refractivity contribution in [2.75, 3.05) is 0 Å². The molecule has 2 N–H and O–H groups in total. The summed E-state index contributed by atoms with van der Waals surface area (Å²) in [5, 5.41) is 6.45. The molecule has 1 amide bonds. The maximum atomic E-state index is 11.9. The van der Waals surface area contributed by atoms with Crippen LogP contribution in [0.15, 0.2) is 0 Å². The van der Waals surface area contributed by atoms with E-state index in [9.17, 15) is 4.79 Å². The standard InChI is InChI=1S/C14H28N2O/c1-10(12-8-6-7-9-12)15-11(2)13(17)16-14(3,4)5/h10-12,15H,6-9H2,1-5H3,(H,16,17)/t10-,11?/m1/s1. The monoisotopic (exact) mass is 240 g/mol. The fourth-order valence-electron chi connectivity index (χ4n) is 2.54. The number of amides is 1. The highest BCUT2D eigenvalue weighted by atomic mass is 16.2. The third kappa shape index (κ3) is 5.07. The van der Waals surface area contributed by atoms with Gasteiger partial charge in [0.25, 0.3) is 0 Å². The highest BCUT2D eigenvalue weighted by molar-refractivity contribution is 5.81. The van der Waals surface area contributed by atoms with Gasteiger partial charge in [0.1, 0.15) is 0 Å². The third-order valence-electron chi connectivity index (χ3n) is 3.51. The number of hydrogen-bond donors (Lipinski definition) is 2. The summed E-state index contributed by atoms with van der Waals surface area (Å²) in [6, 6.07) is 0.336. The van der Waals surface area contributed by atoms with Gasteiger partial charge in [0, 0.05) is 11.6 Å². The molecule has 2 atom stereocenters. The first-order valence-corrected chi connectivity index (χ1v) is 6.87. The van der Waals surface area contributed by atoms with Crippen molar-refractivity contribution in [2.45, 2.75) is 77.9 Å². The maximum Gasteiger partial charge on any atom is 0.237 e. The van der Waals surface area contributed by atoms with Crippen LogP contribution in [-0.2, 0) is 4.79 Å². The van der Waals surface area contributed by atoms with Crippen molar-refractivity contribution >= 4 is 5.91 Å². The molecule has 1 aliphatic rings. The van der Waals surface area contributed by atoms with E-state index in [1.807, 2.05) is 27.7 Å². The van der Waals surface area contributed by atoms with E-state index in [-0.39, 0.29) is 17.5 Å². The van der Waals surface area contributed by atoms with Crippen LogP contribution in [0.4, 0.5) is 0 Å². The lowest BCUT2D eigenvalue weighted by Crippen LogP contribution is -2.52. The fraction of sp³-hybridized carbons (Fsp3) is 0.929. The molecule has 1 fully saturated rings. The van der Waals surface area contributed by atoms with Gasteiger partial charge < -0.3 is 10.6 Å². The lowest BCUT2D eigenvalue weighted by molar-refractivity contribution is -0.124. The zero-order valence-corrected chi connectivity index (χ0v) is 12.0. The highest BCUT2D eigenvalue weighted by Gasteiger charge is 2.25. The first-order valence-electron chi connectivity index (χ1n) is 6.87. The largest absolute Gasteiger partial charge is 0.350 e. The third-order valence-corrected chi connectivity index (χ3v) is 3.51. The van der Waals surface area contributed by atoms with Crippen LogP contribution in [0.2, 0.25) is 0 Å². The molecule has 0 aromatic carbocycles. The first-order chi connectivity index (χ1) is 7.79. The quantitative estimate of drug-likeness (QED) is 0.792. The summed E-state index contributed by atoms with van der Waals surface area (Å²) in [6.07, 6.45) is 5.31. The Morgan fingerprint density at radius 1 is 1.18 bits per heavy atom. The Morgan fingerprint density at radius 3 is 2.18 bits per heavy atom. The molecule has 100 valence electrons. The first kappa shape index (κ1) is 14.5. The van der Waals surface area contributed by atoms with E-state index < -0.39 is 0 Å². The van der Waals surface area contributed by atoms with E-state index >= 15 is 0 Å². The van der Waals surface area contributed by atoms with E-state index in [4.69, 9.17) is 0 Å². The van der Waals surface area contributed by atoms with Crippen LogP contribution in [-0.4, -0.2) is 23.5 Å². The number of carbonyl (C=O) groups is 1. The molecule has 0 aromatic heterocycles. The van der Waals surface area contributed by atoms with Gasteiger partial charge in [-0.05, 0) is 53.4 Å². The molecular formula is C14H28N2O. The molecule has 1 rings (SSSR count). The van der Waals surface area contributed by atoms with Crippen LogP contribution < -0.4 is 10.6 Å². The molecule has 0 saturated heterocycles. The number of carbonyl (C=O) groups excluding carboxylic acids is 1. The van der Waals surface area contributed by atoms with Gasteiger partial charge in [-0.15, -0.1) is 0 Å².